The zero-order valence-corrected chi connectivity index (χ0v) is 12.9. The molecule has 6 nitrogen and oxygen atoms in total. The molecule has 0 radical (unpaired) electrons. The molecule has 20 heavy (non-hydrogen) atoms. The number of ether oxygens (including phenoxy) is 1. The number of hydrogen-bond acceptors (Lipinski definition) is 6. The number of amides is 1. The maximum atomic E-state index is 12.0. The van der Waals surface area contributed by atoms with Crippen molar-refractivity contribution in [2.45, 2.75) is 32.0 Å². The third kappa shape index (κ3) is 2.52. The Morgan fingerprint density at radius 3 is 2.90 bits per heavy atom. The molecule has 3 rings (SSSR count). The number of hydrogen-bond donors (Lipinski definition) is 0. The summed E-state index contributed by atoms with van der Waals surface area (Å²) in [5.41, 5.74) is 0. The standard InChI is InChI=1S/C13H20N4O2S/c1-8-14-15-13(20-8)17-5-4-9-6-10(12(18)16(2)3)19-11(9)7-17/h9-11H,4-7H2,1-3H3/t9-,10+,11+/m0/s1. The van der Waals surface area contributed by atoms with Gasteiger partial charge in [-0.05, 0) is 25.7 Å². The van der Waals surface area contributed by atoms with Crippen molar-refractivity contribution < 1.29 is 9.53 Å². The Balaban J connectivity index is 1.65. The van der Waals surface area contributed by atoms with Gasteiger partial charge in [0, 0.05) is 27.2 Å². The van der Waals surface area contributed by atoms with E-state index in [-0.39, 0.29) is 18.1 Å². The van der Waals surface area contributed by atoms with Crippen molar-refractivity contribution in [1.82, 2.24) is 15.1 Å². The van der Waals surface area contributed by atoms with Gasteiger partial charge in [0.2, 0.25) is 5.13 Å². The first-order valence-electron chi connectivity index (χ1n) is 6.96. The van der Waals surface area contributed by atoms with Crippen LogP contribution in [0.2, 0.25) is 0 Å². The molecule has 2 fully saturated rings. The van der Waals surface area contributed by atoms with Crippen LogP contribution in [0.4, 0.5) is 5.13 Å². The summed E-state index contributed by atoms with van der Waals surface area (Å²) in [6.07, 6.45) is 1.78. The average molecular weight is 296 g/mol. The fourth-order valence-electron chi connectivity index (χ4n) is 2.97. The molecule has 0 bridgehead atoms. The highest BCUT2D eigenvalue weighted by atomic mass is 32.1. The molecule has 0 N–H and O–H groups in total. The molecule has 7 heteroatoms. The van der Waals surface area contributed by atoms with Gasteiger partial charge in [-0.1, -0.05) is 11.3 Å². The van der Waals surface area contributed by atoms with E-state index in [0.29, 0.717) is 5.92 Å². The van der Waals surface area contributed by atoms with Crippen LogP contribution < -0.4 is 4.90 Å². The van der Waals surface area contributed by atoms with E-state index >= 15 is 0 Å². The maximum absolute atomic E-state index is 12.0. The van der Waals surface area contributed by atoms with E-state index in [1.54, 1.807) is 30.3 Å². The average Bonchev–Trinajstić information content (AvgIpc) is 3.02. The Hall–Kier alpha value is -1.21. The summed E-state index contributed by atoms with van der Waals surface area (Å²) in [6.45, 7) is 3.75. The molecular formula is C13H20N4O2S. The first-order valence-corrected chi connectivity index (χ1v) is 7.78. The number of likely N-dealkylation sites (N-methyl/N-ethyl adjacent to an activating group) is 1. The minimum atomic E-state index is -0.267. The number of aryl methyl sites for hydroxylation is 1. The second-order valence-electron chi connectivity index (χ2n) is 5.73. The van der Waals surface area contributed by atoms with Gasteiger partial charge in [-0.15, -0.1) is 10.2 Å². The lowest BCUT2D eigenvalue weighted by Crippen LogP contribution is -2.42. The van der Waals surface area contributed by atoms with Crippen LogP contribution in [-0.2, 0) is 9.53 Å². The summed E-state index contributed by atoms with van der Waals surface area (Å²) in [5, 5.41) is 10.2. The molecule has 0 saturated carbocycles. The van der Waals surface area contributed by atoms with E-state index in [1.165, 1.54) is 0 Å². The maximum Gasteiger partial charge on any atom is 0.251 e. The lowest BCUT2D eigenvalue weighted by Gasteiger charge is -2.33. The van der Waals surface area contributed by atoms with Crippen LogP contribution in [0.5, 0.6) is 0 Å². The third-order valence-corrected chi connectivity index (χ3v) is 4.95. The Kier molecular flexibility index (Phi) is 3.64. The molecule has 2 saturated heterocycles. The largest absolute Gasteiger partial charge is 0.363 e. The summed E-state index contributed by atoms with van der Waals surface area (Å²) in [7, 11) is 3.56. The molecule has 2 aliphatic rings. The molecule has 0 aromatic carbocycles. The summed E-state index contributed by atoms with van der Waals surface area (Å²) in [6, 6.07) is 0. The van der Waals surface area contributed by atoms with Crippen LogP contribution >= 0.6 is 11.3 Å². The summed E-state index contributed by atoms with van der Waals surface area (Å²) in [5.74, 6) is 0.576. The molecule has 0 unspecified atom stereocenters. The normalized spacial score (nSPS) is 29.4. The number of anilines is 1. The lowest BCUT2D eigenvalue weighted by molar-refractivity contribution is -0.140. The van der Waals surface area contributed by atoms with E-state index in [1.807, 2.05) is 6.92 Å². The fraction of sp³-hybridized carbons (Fsp3) is 0.769. The van der Waals surface area contributed by atoms with Crippen LogP contribution in [0.15, 0.2) is 0 Å². The van der Waals surface area contributed by atoms with Gasteiger partial charge >= 0.3 is 0 Å². The Labute approximate surface area is 122 Å². The van der Waals surface area contributed by atoms with Gasteiger partial charge in [-0.2, -0.15) is 0 Å². The minimum Gasteiger partial charge on any atom is -0.363 e. The van der Waals surface area contributed by atoms with E-state index in [2.05, 4.69) is 15.1 Å². The van der Waals surface area contributed by atoms with Gasteiger partial charge < -0.3 is 14.5 Å². The monoisotopic (exact) mass is 296 g/mol. The van der Waals surface area contributed by atoms with E-state index < -0.39 is 0 Å². The van der Waals surface area contributed by atoms with Crippen molar-refractivity contribution in [3.05, 3.63) is 5.01 Å². The number of carbonyl (C=O) groups is 1. The third-order valence-electron chi connectivity index (χ3n) is 4.05. The Morgan fingerprint density at radius 2 is 2.25 bits per heavy atom. The van der Waals surface area contributed by atoms with Gasteiger partial charge in [0.05, 0.1) is 6.10 Å². The van der Waals surface area contributed by atoms with Crippen molar-refractivity contribution in [3.8, 4) is 0 Å². The van der Waals surface area contributed by atoms with E-state index in [9.17, 15) is 4.79 Å². The van der Waals surface area contributed by atoms with Crippen LogP contribution in [-0.4, -0.2) is 60.4 Å². The highest BCUT2D eigenvalue weighted by Gasteiger charge is 2.42. The number of aromatic nitrogens is 2. The molecule has 3 atom stereocenters. The first kappa shape index (κ1) is 13.8. The van der Waals surface area contributed by atoms with Gasteiger partial charge in [0.25, 0.3) is 5.91 Å². The molecule has 1 aromatic rings. The van der Waals surface area contributed by atoms with Crippen LogP contribution in [0, 0.1) is 12.8 Å². The molecule has 2 aliphatic heterocycles. The van der Waals surface area contributed by atoms with Crippen LogP contribution in [0.25, 0.3) is 0 Å². The van der Waals surface area contributed by atoms with Crippen LogP contribution in [0.3, 0.4) is 0 Å². The Bertz CT molecular complexity index is 504. The summed E-state index contributed by atoms with van der Waals surface area (Å²) in [4.78, 5) is 15.9. The molecule has 110 valence electrons. The molecule has 1 amide bonds. The van der Waals surface area contributed by atoms with E-state index in [4.69, 9.17) is 4.74 Å². The summed E-state index contributed by atoms with van der Waals surface area (Å²) >= 11 is 1.61. The number of fused-ring (bicyclic) bond motifs is 1. The van der Waals surface area contributed by atoms with E-state index in [0.717, 1.165) is 36.1 Å². The minimum absolute atomic E-state index is 0.0812. The molecule has 3 heterocycles. The number of carbonyl (C=O) groups excluding carboxylic acids is 1. The highest BCUT2D eigenvalue weighted by Crippen LogP contribution is 2.35. The number of nitrogens with zero attached hydrogens (tertiary/aromatic N) is 4. The fourth-order valence-corrected chi connectivity index (χ4v) is 3.69. The number of rotatable bonds is 2. The quantitative estimate of drug-likeness (QED) is 0.812. The number of piperidine rings is 1. The summed E-state index contributed by atoms with van der Waals surface area (Å²) < 4.78 is 5.97. The van der Waals surface area contributed by atoms with Crippen molar-refractivity contribution in [2.24, 2.45) is 5.92 Å². The predicted molar refractivity (Wildman–Crippen MR) is 76.9 cm³/mol. The van der Waals surface area contributed by atoms with Crippen molar-refractivity contribution >= 4 is 22.4 Å². The first-order chi connectivity index (χ1) is 9.54. The highest BCUT2D eigenvalue weighted by molar-refractivity contribution is 7.15. The van der Waals surface area contributed by atoms with Crippen molar-refractivity contribution in [2.75, 3.05) is 32.1 Å². The van der Waals surface area contributed by atoms with Crippen molar-refractivity contribution in [3.63, 3.8) is 0 Å². The van der Waals surface area contributed by atoms with Gasteiger partial charge in [-0.25, -0.2) is 0 Å². The van der Waals surface area contributed by atoms with Gasteiger partial charge in [-0.3, -0.25) is 4.79 Å². The second kappa shape index (κ2) is 5.29. The second-order valence-corrected chi connectivity index (χ2v) is 6.89. The van der Waals surface area contributed by atoms with Crippen LogP contribution in [0.1, 0.15) is 17.8 Å². The zero-order chi connectivity index (χ0) is 14.3. The van der Waals surface area contributed by atoms with Crippen molar-refractivity contribution in [1.29, 1.82) is 0 Å². The Morgan fingerprint density at radius 1 is 1.45 bits per heavy atom. The molecule has 1 aromatic heterocycles. The topological polar surface area (TPSA) is 58.6 Å². The smallest absolute Gasteiger partial charge is 0.251 e. The van der Waals surface area contributed by atoms with Gasteiger partial charge in [0.1, 0.15) is 11.1 Å². The predicted octanol–water partition coefficient (Wildman–Crippen LogP) is 0.919. The lowest BCUT2D eigenvalue weighted by atomic mass is 9.92. The molecule has 0 spiro atoms. The van der Waals surface area contributed by atoms with Gasteiger partial charge in [0.15, 0.2) is 0 Å². The molecule has 0 aliphatic carbocycles. The zero-order valence-electron chi connectivity index (χ0n) is 12.1. The SMILES string of the molecule is Cc1nnc(N2CC[C@H]3C[C@H](C(=O)N(C)C)O[C@@H]3C2)s1. The molecular weight excluding hydrogens is 276 g/mol.